The summed E-state index contributed by atoms with van der Waals surface area (Å²) < 4.78 is 0. The minimum Gasteiger partial charge on any atom is -0.356 e. The van der Waals surface area contributed by atoms with E-state index in [1.807, 2.05) is 7.05 Å². The highest BCUT2D eigenvalue weighted by atomic mass is 127. The summed E-state index contributed by atoms with van der Waals surface area (Å²) in [5.41, 5.74) is 0.553. The lowest BCUT2D eigenvalue weighted by Crippen LogP contribution is -2.42. The van der Waals surface area contributed by atoms with E-state index in [1.54, 1.807) is 19.0 Å². The van der Waals surface area contributed by atoms with E-state index in [0.717, 1.165) is 19.0 Å². The normalized spacial score (nSPS) is 20.5. The van der Waals surface area contributed by atoms with Gasteiger partial charge >= 0.3 is 0 Å². The number of rotatable bonds is 3. The first-order chi connectivity index (χ1) is 9.56. The molecule has 1 amide bonds. The maximum Gasteiger partial charge on any atom is 0.223 e. The molecule has 1 heterocycles. The van der Waals surface area contributed by atoms with Crippen LogP contribution in [0.5, 0.6) is 0 Å². The molecule has 1 spiro atoms. The Balaban J connectivity index is 0.00000220. The van der Waals surface area contributed by atoms with Crippen LogP contribution in [0.2, 0.25) is 0 Å². The number of aliphatic imine (C=N–C) groups is 1. The summed E-state index contributed by atoms with van der Waals surface area (Å²) in [6, 6.07) is 0. The Hall–Kier alpha value is -0.530. The number of nitrogens with zero attached hydrogens (tertiary/aromatic N) is 3. The largest absolute Gasteiger partial charge is 0.356 e. The van der Waals surface area contributed by atoms with Gasteiger partial charge in [-0.25, -0.2) is 0 Å². The molecular weight excluding hydrogens is 379 g/mol. The molecule has 2 rings (SSSR count). The summed E-state index contributed by atoms with van der Waals surface area (Å²) in [5.74, 6) is 1.11. The zero-order valence-corrected chi connectivity index (χ0v) is 15.9. The molecule has 2 fully saturated rings. The van der Waals surface area contributed by atoms with Gasteiger partial charge in [0.2, 0.25) is 5.91 Å². The van der Waals surface area contributed by atoms with Crippen LogP contribution < -0.4 is 5.32 Å². The molecular formula is C15H29IN4O. The number of guanidine groups is 1. The van der Waals surface area contributed by atoms with Crippen LogP contribution in [0, 0.1) is 5.41 Å². The lowest BCUT2D eigenvalue weighted by Gasteiger charge is -2.26. The van der Waals surface area contributed by atoms with Crippen molar-refractivity contribution in [3.05, 3.63) is 0 Å². The van der Waals surface area contributed by atoms with Crippen LogP contribution in [0.1, 0.15) is 38.5 Å². The fourth-order valence-electron chi connectivity index (χ4n) is 3.49. The summed E-state index contributed by atoms with van der Waals surface area (Å²) in [5, 5.41) is 3.33. The molecule has 1 aliphatic carbocycles. The lowest BCUT2D eigenvalue weighted by molar-refractivity contribution is -0.128. The summed E-state index contributed by atoms with van der Waals surface area (Å²) in [7, 11) is 5.42. The van der Waals surface area contributed by atoms with Crippen molar-refractivity contribution in [2.45, 2.75) is 38.5 Å². The zero-order chi connectivity index (χ0) is 14.6. The SMILES string of the molecule is CN=C(NCCC(=O)N(C)C)N1CCC2(CCCC2)C1.I. The third-order valence-corrected chi connectivity index (χ3v) is 4.73. The number of carbonyl (C=O) groups is 1. The second-order valence-electron chi connectivity index (χ2n) is 6.39. The molecule has 0 radical (unpaired) electrons. The van der Waals surface area contributed by atoms with Crippen molar-refractivity contribution in [3.63, 3.8) is 0 Å². The average Bonchev–Trinajstić information content (AvgIpc) is 3.05. The van der Waals surface area contributed by atoms with Crippen LogP contribution in [0.3, 0.4) is 0 Å². The van der Waals surface area contributed by atoms with E-state index < -0.39 is 0 Å². The van der Waals surface area contributed by atoms with E-state index in [-0.39, 0.29) is 29.9 Å². The Morgan fingerprint density at radius 2 is 1.95 bits per heavy atom. The van der Waals surface area contributed by atoms with Gasteiger partial charge in [-0.3, -0.25) is 9.79 Å². The van der Waals surface area contributed by atoms with Gasteiger partial charge in [0.05, 0.1) is 0 Å². The van der Waals surface area contributed by atoms with Crippen molar-refractivity contribution in [2.24, 2.45) is 10.4 Å². The molecule has 2 aliphatic rings. The number of hydrogen-bond acceptors (Lipinski definition) is 2. The quantitative estimate of drug-likeness (QED) is 0.441. The second-order valence-corrected chi connectivity index (χ2v) is 6.39. The van der Waals surface area contributed by atoms with E-state index in [1.165, 1.54) is 32.1 Å². The van der Waals surface area contributed by atoms with Crippen molar-refractivity contribution in [1.29, 1.82) is 0 Å². The lowest BCUT2D eigenvalue weighted by atomic mass is 9.86. The van der Waals surface area contributed by atoms with Crippen LogP contribution in [0.4, 0.5) is 0 Å². The van der Waals surface area contributed by atoms with Gasteiger partial charge in [-0.1, -0.05) is 12.8 Å². The third kappa shape index (κ3) is 4.72. The highest BCUT2D eigenvalue weighted by Gasteiger charge is 2.40. The van der Waals surface area contributed by atoms with Gasteiger partial charge in [0, 0.05) is 47.2 Å². The Kier molecular flexibility index (Phi) is 7.23. The van der Waals surface area contributed by atoms with Crippen molar-refractivity contribution in [3.8, 4) is 0 Å². The van der Waals surface area contributed by atoms with E-state index in [0.29, 0.717) is 18.4 Å². The molecule has 0 atom stereocenters. The molecule has 0 unspecified atom stereocenters. The summed E-state index contributed by atoms with van der Waals surface area (Å²) in [6.07, 6.45) is 7.34. The van der Waals surface area contributed by atoms with Gasteiger partial charge in [0.1, 0.15) is 0 Å². The molecule has 6 heteroatoms. The number of carbonyl (C=O) groups excluding carboxylic acids is 1. The summed E-state index contributed by atoms with van der Waals surface area (Å²) in [6.45, 7) is 2.89. The maximum absolute atomic E-state index is 11.6. The zero-order valence-electron chi connectivity index (χ0n) is 13.5. The molecule has 0 aromatic carbocycles. The molecule has 1 aliphatic heterocycles. The van der Waals surface area contributed by atoms with Gasteiger partial charge in [-0.05, 0) is 24.7 Å². The van der Waals surface area contributed by atoms with Gasteiger partial charge in [0.15, 0.2) is 5.96 Å². The predicted molar refractivity (Wildman–Crippen MR) is 97.2 cm³/mol. The maximum atomic E-state index is 11.6. The smallest absolute Gasteiger partial charge is 0.223 e. The Morgan fingerprint density at radius 1 is 1.29 bits per heavy atom. The molecule has 0 bridgehead atoms. The first kappa shape index (κ1) is 18.5. The van der Waals surface area contributed by atoms with Crippen molar-refractivity contribution in [2.75, 3.05) is 40.8 Å². The highest BCUT2D eigenvalue weighted by molar-refractivity contribution is 14.0. The molecule has 1 saturated carbocycles. The summed E-state index contributed by atoms with van der Waals surface area (Å²) >= 11 is 0. The third-order valence-electron chi connectivity index (χ3n) is 4.73. The molecule has 0 aromatic rings. The van der Waals surface area contributed by atoms with Gasteiger partial charge < -0.3 is 15.1 Å². The van der Waals surface area contributed by atoms with E-state index in [2.05, 4.69) is 15.2 Å². The van der Waals surface area contributed by atoms with Crippen LogP contribution in [-0.2, 0) is 4.79 Å². The first-order valence-electron chi connectivity index (χ1n) is 7.72. The van der Waals surface area contributed by atoms with E-state index >= 15 is 0 Å². The van der Waals surface area contributed by atoms with Gasteiger partial charge in [-0.2, -0.15) is 0 Å². The monoisotopic (exact) mass is 408 g/mol. The molecule has 5 nitrogen and oxygen atoms in total. The van der Waals surface area contributed by atoms with Crippen LogP contribution in [0.15, 0.2) is 4.99 Å². The van der Waals surface area contributed by atoms with E-state index in [9.17, 15) is 4.79 Å². The Labute approximate surface area is 145 Å². The van der Waals surface area contributed by atoms with E-state index in [4.69, 9.17) is 0 Å². The summed E-state index contributed by atoms with van der Waals surface area (Å²) in [4.78, 5) is 19.9. The molecule has 1 saturated heterocycles. The molecule has 1 N–H and O–H groups in total. The topological polar surface area (TPSA) is 47.9 Å². The number of amides is 1. The molecule has 0 aromatic heterocycles. The number of nitrogens with one attached hydrogen (secondary N) is 1. The highest BCUT2D eigenvalue weighted by Crippen LogP contribution is 2.45. The van der Waals surface area contributed by atoms with Gasteiger partial charge in [0.25, 0.3) is 0 Å². The van der Waals surface area contributed by atoms with Crippen LogP contribution >= 0.6 is 24.0 Å². The molecule has 122 valence electrons. The van der Waals surface area contributed by atoms with Gasteiger partial charge in [-0.15, -0.1) is 24.0 Å². The average molecular weight is 408 g/mol. The molecule has 21 heavy (non-hydrogen) atoms. The minimum atomic E-state index is 0. The predicted octanol–water partition coefficient (Wildman–Crippen LogP) is 1.92. The van der Waals surface area contributed by atoms with Crippen molar-refractivity contribution in [1.82, 2.24) is 15.1 Å². The number of halogens is 1. The fourth-order valence-corrected chi connectivity index (χ4v) is 3.49. The minimum absolute atomic E-state index is 0. The standard InChI is InChI=1S/C15H28N4O.HI/c1-16-14(17-10-6-13(20)18(2)3)19-11-9-15(12-19)7-4-5-8-15;/h4-12H2,1-3H3,(H,16,17);1H. The second kappa shape index (κ2) is 8.19. The van der Waals surface area contributed by atoms with Crippen molar-refractivity contribution < 1.29 is 4.79 Å². The van der Waals surface area contributed by atoms with Crippen molar-refractivity contribution >= 4 is 35.8 Å². The Morgan fingerprint density at radius 3 is 2.52 bits per heavy atom. The van der Waals surface area contributed by atoms with Crippen LogP contribution in [0.25, 0.3) is 0 Å². The Bertz CT molecular complexity index is 378. The van der Waals surface area contributed by atoms with Crippen LogP contribution in [-0.4, -0.2) is 62.4 Å². The first-order valence-corrected chi connectivity index (χ1v) is 7.72. The fraction of sp³-hybridized carbons (Fsp3) is 0.867. The number of hydrogen-bond donors (Lipinski definition) is 1. The number of likely N-dealkylation sites (tertiary alicyclic amines) is 1.